The highest BCUT2D eigenvalue weighted by molar-refractivity contribution is 6.46. The molecule has 1 atom stereocenters. The lowest BCUT2D eigenvalue weighted by Crippen LogP contribution is -2.38. The van der Waals surface area contributed by atoms with E-state index >= 15 is 0 Å². The molecule has 2 aromatic carbocycles. The number of benzene rings is 2. The molecular formula is C26H32N2O5. The second-order valence-corrected chi connectivity index (χ2v) is 7.97. The Morgan fingerprint density at radius 1 is 1.03 bits per heavy atom. The summed E-state index contributed by atoms with van der Waals surface area (Å²) in [6, 6.07) is 11.7. The first-order valence-electron chi connectivity index (χ1n) is 11.2. The van der Waals surface area contributed by atoms with Crippen LogP contribution in [0.3, 0.4) is 0 Å². The number of aliphatic hydroxyl groups is 1. The van der Waals surface area contributed by atoms with Gasteiger partial charge in [0.2, 0.25) is 0 Å². The maximum absolute atomic E-state index is 13.2. The summed E-state index contributed by atoms with van der Waals surface area (Å²) in [6.07, 6.45) is 0. The highest BCUT2D eigenvalue weighted by atomic mass is 16.5. The Morgan fingerprint density at radius 2 is 1.70 bits per heavy atom. The van der Waals surface area contributed by atoms with E-state index in [9.17, 15) is 14.7 Å². The molecule has 1 aliphatic heterocycles. The van der Waals surface area contributed by atoms with Crippen molar-refractivity contribution in [1.29, 1.82) is 0 Å². The second kappa shape index (κ2) is 10.5. The molecule has 1 saturated heterocycles. The molecule has 1 aliphatic rings. The number of aliphatic hydroxyl groups excluding tert-OH is 1. The Kier molecular flexibility index (Phi) is 7.76. The minimum absolute atomic E-state index is 0.0509. The zero-order chi connectivity index (χ0) is 24.1. The number of likely N-dealkylation sites (tertiary alicyclic amines) is 1. The fourth-order valence-electron chi connectivity index (χ4n) is 4.22. The minimum atomic E-state index is -0.799. The fraction of sp³-hybridized carbons (Fsp3) is 0.385. The summed E-state index contributed by atoms with van der Waals surface area (Å²) in [6.45, 7) is 8.65. The topological polar surface area (TPSA) is 79.3 Å². The largest absolute Gasteiger partial charge is 0.507 e. The minimum Gasteiger partial charge on any atom is -0.507 e. The molecule has 7 heteroatoms. The Morgan fingerprint density at radius 3 is 2.27 bits per heavy atom. The van der Waals surface area contributed by atoms with Crippen molar-refractivity contribution in [3.63, 3.8) is 0 Å². The number of likely N-dealkylation sites (N-methyl/N-ethyl adjacent to an activating group) is 1. The molecule has 0 saturated carbocycles. The zero-order valence-corrected chi connectivity index (χ0v) is 19.9. The number of ketones is 1. The van der Waals surface area contributed by atoms with Gasteiger partial charge in [0.25, 0.3) is 11.7 Å². The SMILES string of the molecule is CCN(CC)CCN1C(=O)C(=O)/C(=C(/O)c2ccc(C)cc2)[C@@H]1c1cccc(OC)c1OC. The van der Waals surface area contributed by atoms with Crippen molar-refractivity contribution in [2.24, 2.45) is 0 Å². The van der Waals surface area contributed by atoms with Crippen LogP contribution in [0.2, 0.25) is 0 Å². The number of carbonyl (C=O) groups excluding carboxylic acids is 2. The number of Topliss-reactive ketones (excluding diaryl/α,β-unsaturated/α-hetero) is 1. The number of rotatable bonds is 9. The summed E-state index contributed by atoms with van der Waals surface area (Å²) in [5.41, 5.74) is 2.14. The molecule has 1 heterocycles. The van der Waals surface area contributed by atoms with E-state index in [-0.39, 0.29) is 11.3 Å². The highest BCUT2D eigenvalue weighted by Crippen LogP contribution is 2.45. The van der Waals surface area contributed by atoms with E-state index in [2.05, 4.69) is 18.7 Å². The van der Waals surface area contributed by atoms with Gasteiger partial charge in [-0.2, -0.15) is 0 Å². The van der Waals surface area contributed by atoms with Crippen LogP contribution in [0.5, 0.6) is 11.5 Å². The number of carbonyl (C=O) groups is 2. The Balaban J connectivity index is 2.19. The van der Waals surface area contributed by atoms with Gasteiger partial charge in [-0.15, -0.1) is 0 Å². The fourth-order valence-corrected chi connectivity index (χ4v) is 4.22. The van der Waals surface area contributed by atoms with E-state index in [1.165, 1.54) is 19.1 Å². The van der Waals surface area contributed by atoms with E-state index in [1.54, 1.807) is 30.3 Å². The van der Waals surface area contributed by atoms with Gasteiger partial charge in [-0.25, -0.2) is 0 Å². The summed E-state index contributed by atoms with van der Waals surface area (Å²) >= 11 is 0. The van der Waals surface area contributed by atoms with Gasteiger partial charge in [0.05, 0.1) is 25.8 Å². The first-order chi connectivity index (χ1) is 15.9. The molecule has 0 aliphatic carbocycles. The van der Waals surface area contributed by atoms with E-state index in [0.29, 0.717) is 35.7 Å². The normalized spacial score (nSPS) is 17.6. The molecule has 176 valence electrons. The number of para-hydroxylation sites is 1. The molecule has 0 spiro atoms. The van der Waals surface area contributed by atoms with Crippen LogP contribution >= 0.6 is 0 Å². The summed E-state index contributed by atoms with van der Waals surface area (Å²) in [4.78, 5) is 30.1. The van der Waals surface area contributed by atoms with Crippen molar-refractivity contribution >= 4 is 17.4 Å². The number of aryl methyl sites for hydroxylation is 1. The van der Waals surface area contributed by atoms with Gasteiger partial charge in [-0.05, 0) is 26.1 Å². The lowest BCUT2D eigenvalue weighted by atomic mass is 9.94. The number of nitrogens with zero attached hydrogens (tertiary/aromatic N) is 2. The summed E-state index contributed by atoms with van der Waals surface area (Å²) in [5, 5.41) is 11.2. The van der Waals surface area contributed by atoms with Crippen molar-refractivity contribution in [2.75, 3.05) is 40.4 Å². The monoisotopic (exact) mass is 452 g/mol. The van der Waals surface area contributed by atoms with Crippen molar-refractivity contribution in [3.8, 4) is 11.5 Å². The maximum Gasteiger partial charge on any atom is 0.295 e. The predicted octanol–water partition coefficient (Wildman–Crippen LogP) is 3.78. The number of methoxy groups -OCH3 is 2. The van der Waals surface area contributed by atoms with Crippen LogP contribution in [-0.2, 0) is 9.59 Å². The van der Waals surface area contributed by atoms with E-state index in [4.69, 9.17) is 9.47 Å². The molecule has 2 aromatic rings. The molecule has 33 heavy (non-hydrogen) atoms. The number of ether oxygens (including phenoxy) is 2. The van der Waals surface area contributed by atoms with Crippen LogP contribution in [0.4, 0.5) is 0 Å². The van der Waals surface area contributed by atoms with Crippen LogP contribution in [0.25, 0.3) is 5.76 Å². The molecule has 0 radical (unpaired) electrons. The van der Waals surface area contributed by atoms with Crippen LogP contribution in [0.15, 0.2) is 48.0 Å². The molecule has 0 unspecified atom stereocenters. The van der Waals surface area contributed by atoms with E-state index in [0.717, 1.165) is 18.7 Å². The lowest BCUT2D eigenvalue weighted by molar-refractivity contribution is -0.140. The van der Waals surface area contributed by atoms with Crippen molar-refractivity contribution < 1.29 is 24.2 Å². The molecule has 1 fully saturated rings. The summed E-state index contributed by atoms with van der Waals surface area (Å²) in [7, 11) is 3.05. The number of hydrogen-bond donors (Lipinski definition) is 1. The zero-order valence-electron chi connectivity index (χ0n) is 19.9. The third kappa shape index (κ3) is 4.73. The molecule has 1 amide bonds. The molecule has 7 nitrogen and oxygen atoms in total. The quantitative estimate of drug-likeness (QED) is 0.354. The summed E-state index contributed by atoms with van der Waals surface area (Å²) in [5.74, 6) is -0.629. The van der Waals surface area contributed by atoms with Crippen molar-refractivity contribution in [2.45, 2.75) is 26.8 Å². The molecule has 0 aromatic heterocycles. The molecular weight excluding hydrogens is 420 g/mol. The van der Waals surface area contributed by atoms with Gasteiger partial charge in [-0.3, -0.25) is 9.59 Å². The van der Waals surface area contributed by atoms with Gasteiger partial charge < -0.3 is 24.4 Å². The smallest absolute Gasteiger partial charge is 0.295 e. The van der Waals surface area contributed by atoms with Crippen LogP contribution in [-0.4, -0.2) is 67.0 Å². The van der Waals surface area contributed by atoms with Crippen molar-refractivity contribution in [1.82, 2.24) is 9.80 Å². The number of hydrogen-bond acceptors (Lipinski definition) is 6. The van der Waals surface area contributed by atoms with Crippen LogP contribution in [0, 0.1) is 6.92 Å². The third-order valence-electron chi connectivity index (χ3n) is 6.14. The van der Waals surface area contributed by atoms with Gasteiger partial charge in [0.15, 0.2) is 11.5 Å². The van der Waals surface area contributed by atoms with Gasteiger partial charge >= 0.3 is 0 Å². The Hall–Kier alpha value is -3.32. The standard InChI is InChI=1S/C26H32N2O5/c1-6-27(7-2)15-16-28-22(19-9-8-10-20(32-4)25(19)33-5)21(24(30)26(28)31)23(29)18-13-11-17(3)12-14-18/h8-14,22,29H,6-7,15-16H2,1-5H3/b23-21+/t22-/m0/s1. The second-order valence-electron chi connectivity index (χ2n) is 7.97. The molecule has 1 N–H and O–H groups in total. The summed E-state index contributed by atoms with van der Waals surface area (Å²) < 4.78 is 11.1. The maximum atomic E-state index is 13.2. The predicted molar refractivity (Wildman–Crippen MR) is 128 cm³/mol. The van der Waals surface area contributed by atoms with Gasteiger partial charge in [0, 0.05) is 24.2 Å². The first kappa shape index (κ1) is 24.3. The number of amides is 1. The average molecular weight is 453 g/mol. The average Bonchev–Trinajstić information content (AvgIpc) is 3.08. The van der Waals surface area contributed by atoms with Crippen LogP contribution < -0.4 is 9.47 Å². The van der Waals surface area contributed by atoms with E-state index < -0.39 is 17.7 Å². The Labute approximate surface area is 195 Å². The lowest BCUT2D eigenvalue weighted by Gasteiger charge is -2.29. The van der Waals surface area contributed by atoms with Crippen LogP contribution in [0.1, 0.15) is 36.6 Å². The molecule has 0 bridgehead atoms. The third-order valence-corrected chi connectivity index (χ3v) is 6.14. The Bertz CT molecular complexity index is 1040. The first-order valence-corrected chi connectivity index (χ1v) is 11.2. The van der Waals surface area contributed by atoms with Gasteiger partial charge in [-0.1, -0.05) is 55.8 Å². The highest BCUT2D eigenvalue weighted by Gasteiger charge is 2.47. The van der Waals surface area contributed by atoms with Crippen molar-refractivity contribution in [3.05, 3.63) is 64.7 Å². The van der Waals surface area contributed by atoms with E-state index in [1.807, 2.05) is 19.1 Å². The molecule has 3 rings (SSSR count). The van der Waals surface area contributed by atoms with Gasteiger partial charge in [0.1, 0.15) is 5.76 Å².